The first kappa shape index (κ1) is 17.8. The van der Waals surface area contributed by atoms with Crippen LogP contribution in [0.3, 0.4) is 0 Å². The number of benzene rings is 1. The van der Waals surface area contributed by atoms with Crippen molar-refractivity contribution in [2.75, 3.05) is 39.4 Å². The van der Waals surface area contributed by atoms with Crippen LogP contribution in [0.15, 0.2) is 34.7 Å². The molecule has 0 radical (unpaired) electrons. The number of nitrogens with zero attached hydrogens (tertiary/aromatic N) is 1. The summed E-state index contributed by atoms with van der Waals surface area (Å²) in [5.41, 5.74) is 0.822. The van der Waals surface area contributed by atoms with E-state index in [1.165, 1.54) is 0 Å². The lowest BCUT2D eigenvalue weighted by atomic mass is 10.2. The fourth-order valence-electron chi connectivity index (χ4n) is 2.77. The van der Waals surface area contributed by atoms with Gasteiger partial charge in [0.1, 0.15) is 11.5 Å². The molecule has 1 aromatic heterocycles. The highest BCUT2D eigenvalue weighted by Crippen LogP contribution is 2.31. The van der Waals surface area contributed by atoms with Crippen molar-refractivity contribution < 1.29 is 9.15 Å². The molecule has 3 rings (SSSR count). The van der Waals surface area contributed by atoms with E-state index >= 15 is 0 Å². The third-order valence-corrected chi connectivity index (χ3v) is 4.65. The third kappa shape index (κ3) is 4.98. The van der Waals surface area contributed by atoms with Crippen molar-refractivity contribution in [1.82, 2.24) is 10.2 Å². The Morgan fingerprint density at radius 1 is 1.08 bits per heavy atom. The van der Waals surface area contributed by atoms with Gasteiger partial charge in [-0.1, -0.05) is 23.2 Å². The van der Waals surface area contributed by atoms with Crippen LogP contribution in [0.4, 0.5) is 0 Å². The van der Waals surface area contributed by atoms with E-state index in [0.29, 0.717) is 16.6 Å². The van der Waals surface area contributed by atoms with Crippen LogP contribution in [-0.2, 0) is 11.3 Å². The smallest absolute Gasteiger partial charge is 0.135 e. The predicted octanol–water partition coefficient (Wildman–Crippen LogP) is 4.07. The van der Waals surface area contributed by atoms with E-state index in [4.69, 9.17) is 32.4 Å². The molecule has 0 amide bonds. The van der Waals surface area contributed by atoms with Crippen molar-refractivity contribution in [3.8, 4) is 11.3 Å². The highest BCUT2D eigenvalue weighted by molar-refractivity contribution is 6.35. The van der Waals surface area contributed by atoms with Crippen molar-refractivity contribution in [2.45, 2.75) is 13.0 Å². The average Bonchev–Trinajstić information content (AvgIpc) is 3.06. The van der Waals surface area contributed by atoms with Crippen molar-refractivity contribution in [1.29, 1.82) is 0 Å². The second-order valence-electron chi connectivity index (χ2n) is 5.87. The Balaban J connectivity index is 1.43. The maximum Gasteiger partial charge on any atom is 0.135 e. The molecule has 4 nitrogen and oxygen atoms in total. The molecule has 130 valence electrons. The molecule has 0 unspecified atom stereocenters. The Morgan fingerprint density at radius 3 is 2.75 bits per heavy atom. The lowest BCUT2D eigenvalue weighted by molar-refractivity contribution is 0.0374. The highest BCUT2D eigenvalue weighted by atomic mass is 35.5. The number of morpholine rings is 1. The lowest BCUT2D eigenvalue weighted by Crippen LogP contribution is -2.37. The number of halogens is 2. The summed E-state index contributed by atoms with van der Waals surface area (Å²) in [6.07, 6.45) is 1.12. The van der Waals surface area contributed by atoms with E-state index in [1.54, 1.807) is 12.1 Å². The first-order valence-corrected chi connectivity index (χ1v) is 9.03. The van der Waals surface area contributed by atoms with Crippen LogP contribution in [0.25, 0.3) is 11.3 Å². The van der Waals surface area contributed by atoms with E-state index < -0.39 is 0 Å². The van der Waals surface area contributed by atoms with Crippen molar-refractivity contribution in [3.05, 3.63) is 46.1 Å². The summed E-state index contributed by atoms with van der Waals surface area (Å²) in [5.74, 6) is 1.64. The summed E-state index contributed by atoms with van der Waals surface area (Å²) in [5, 5.41) is 4.71. The minimum absolute atomic E-state index is 0.638. The van der Waals surface area contributed by atoms with E-state index in [-0.39, 0.29) is 0 Å². The molecular formula is C18H22Cl2N2O2. The molecule has 24 heavy (non-hydrogen) atoms. The van der Waals surface area contributed by atoms with Gasteiger partial charge in [-0.2, -0.15) is 0 Å². The number of hydrogen-bond acceptors (Lipinski definition) is 4. The monoisotopic (exact) mass is 368 g/mol. The van der Waals surface area contributed by atoms with Crippen LogP contribution in [0, 0.1) is 0 Å². The number of furan rings is 1. The zero-order chi connectivity index (χ0) is 16.8. The van der Waals surface area contributed by atoms with Crippen LogP contribution in [0.2, 0.25) is 10.0 Å². The third-order valence-electron chi connectivity index (χ3n) is 4.09. The molecule has 0 saturated carbocycles. The van der Waals surface area contributed by atoms with Gasteiger partial charge in [-0.05, 0) is 49.8 Å². The van der Waals surface area contributed by atoms with E-state index in [9.17, 15) is 0 Å². The van der Waals surface area contributed by atoms with Gasteiger partial charge in [-0.25, -0.2) is 0 Å². The SMILES string of the molecule is Clc1ccc(Cl)c(-c2ccc(CNCCCN3CCOCC3)o2)c1. The average molecular weight is 369 g/mol. The van der Waals surface area contributed by atoms with Gasteiger partial charge in [0.25, 0.3) is 0 Å². The first-order chi connectivity index (χ1) is 11.7. The van der Waals surface area contributed by atoms with Gasteiger partial charge < -0.3 is 14.5 Å². The summed E-state index contributed by atoms with van der Waals surface area (Å²) >= 11 is 12.2. The molecule has 6 heteroatoms. The molecule has 0 bridgehead atoms. The fourth-order valence-corrected chi connectivity index (χ4v) is 3.15. The Morgan fingerprint density at radius 2 is 1.92 bits per heavy atom. The molecule has 2 heterocycles. The second-order valence-corrected chi connectivity index (χ2v) is 6.72. The molecule has 1 N–H and O–H groups in total. The Bertz CT molecular complexity index is 654. The maximum absolute atomic E-state index is 6.21. The summed E-state index contributed by atoms with van der Waals surface area (Å²) in [6.45, 7) is 6.58. The Labute approximate surface area is 152 Å². The van der Waals surface area contributed by atoms with Crippen LogP contribution >= 0.6 is 23.2 Å². The molecular weight excluding hydrogens is 347 g/mol. The Hall–Kier alpha value is -1.04. The van der Waals surface area contributed by atoms with Crippen molar-refractivity contribution in [2.24, 2.45) is 0 Å². The normalized spacial score (nSPS) is 15.8. The van der Waals surface area contributed by atoms with E-state index in [2.05, 4.69) is 10.2 Å². The lowest BCUT2D eigenvalue weighted by Gasteiger charge is -2.26. The minimum atomic E-state index is 0.638. The van der Waals surface area contributed by atoms with Gasteiger partial charge in [0.2, 0.25) is 0 Å². The summed E-state index contributed by atoms with van der Waals surface area (Å²) < 4.78 is 11.2. The Kier molecular flexibility index (Phi) is 6.58. The number of rotatable bonds is 7. The molecule has 0 atom stereocenters. The molecule has 2 aromatic rings. The molecule has 0 aliphatic carbocycles. The van der Waals surface area contributed by atoms with E-state index in [0.717, 1.165) is 62.9 Å². The van der Waals surface area contributed by atoms with Gasteiger partial charge in [-0.15, -0.1) is 0 Å². The highest BCUT2D eigenvalue weighted by Gasteiger charge is 2.10. The summed E-state index contributed by atoms with van der Waals surface area (Å²) in [6, 6.07) is 9.28. The first-order valence-electron chi connectivity index (χ1n) is 8.27. The molecule has 1 saturated heterocycles. The minimum Gasteiger partial charge on any atom is -0.460 e. The van der Waals surface area contributed by atoms with Crippen LogP contribution in [0.5, 0.6) is 0 Å². The second kappa shape index (κ2) is 8.88. The number of ether oxygens (including phenoxy) is 1. The van der Waals surface area contributed by atoms with Crippen LogP contribution in [-0.4, -0.2) is 44.3 Å². The largest absolute Gasteiger partial charge is 0.460 e. The molecule has 1 aliphatic heterocycles. The predicted molar refractivity (Wildman–Crippen MR) is 97.7 cm³/mol. The van der Waals surface area contributed by atoms with E-state index in [1.807, 2.05) is 18.2 Å². The van der Waals surface area contributed by atoms with Crippen molar-refractivity contribution >= 4 is 23.2 Å². The van der Waals surface area contributed by atoms with Gasteiger partial charge in [-0.3, -0.25) is 4.90 Å². The summed E-state index contributed by atoms with van der Waals surface area (Å²) in [7, 11) is 0. The van der Waals surface area contributed by atoms with Gasteiger partial charge in [0.15, 0.2) is 0 Å². The van der Waals surface area contributed by atoms with Crippen molar-refractivity contribution in [3.63, 3.8) is 0 Å². The molecule has 1 aromatic carbocycles. The number of hydrogen-bond donors (Lipinski definition) is 1. The van der Waals surface area contributed by atoms with Gasteiger partial charge >= 0.3 is 0 Å². The standard InChI is InChI=1S/C18H22Cl2N2O2/c19-14-2-4-17(20)16(12-14)18-5-3-15(24-18)13-21-6-1-7-22-8-10-23-11-9-22/h2-5,12,21H,1,6-11,13H2. The number of nitrogens with one attached hydrogen (secondary N) is 1. The van der Waals surface area contributed by atoms with Gasteiger partial charge in [0.05, 0.1) is 24.8 Å². The zero-order valence-electron chi connectivity index (χ0n) is 13.6. The quantitative estimate of drug-likeness (QED) is 0.747. The zero-order valence-corrected chi connectivity index (χ0v) is 15.1. The molecule has 1 aliphatic rings. The topological polar surface area (TPSA) is 37.6 Å². The summed E-state index contributed by atoms with van der Waals surface area (Å²) in [4.78, 5) is 2.44. The fraction of sp³-hybridized carbons (Fsp3) is 0.444. The molecule has 0 spiro atoms. The van der Waals surface area contributed by atoms with Crippen LogP contribution in [0.1, 0.15) is 12.2 Å². The van der Waals surface area contributed by atoms with Crippen LogP contribution < -0.4 is 5.32 Å². The molecule has 1 fully saturated rings. The maximum atomic E-state index is 6.21. The van der Waals surface area contributed by atoms with Gasteiger partial charge in [0, 0.05) is 23.7 Å².